The molecule has 0 saturated heterocycles. The SMILES string of the molecule is O=[N+]([O-])c1cc(F)ccc1S(=O)(=O)C(F)F. The van der Waals surface area contributed by atoms with Crippen molar-refractivity contribution in [1.29, 1.82) is 0 Å². The number of nitro groups is 1. The lowest BCUT2D eigenvalue weighted by atomic mass is 10.3. The van der Waals surface area contributed by atoms with Gasteiger partial charge < -0.3 is 0 Å². The maximum absolute atomic E-state index is 12.6. The summed E-state index contributed by atoms with van der Waals surface area (Å²) in [5.41, 5.74) is -1.21. The monoisotopic (exact) mass is 255 g/mol. The van der Waals surface area contributed by atoms with Crippen LogP contribution in [0.5, 0.6) is 0 Å². The Morgan fingerprint density at radius 1 is 1.31 bits per heavy atom. The van der Waals surface area contributed by atoms with Crippen molar-refractivity contribution in [2.24, 2.45) is 0 Å². The van der Waals surface area contributed by atoms with Gasteiger partial charge in [0.15, 0.2) is 4.90 Å². The van der Waals surface area contributed by atoms with E-state index in [4.69, 9.17) is 0 Å². The van der Waals surface area contributed by atoms with Crippen LogP contribution in [0.2, 0.25) is 0 Å². The third kappa shape index (κ3) is 2.13. The van der Waals surface area contributed by atoms with Gasteiger partial charge >= 0.3 is 5.76 Å². The standard InChI is InChI=1S/C7H4F3NO4S/c8-4-1-2-6(5(3-4)11(12)13)16(14,15)7(9)10/h1-3,7H. The van der Waals surface area contributed by atoms with E-state index in [1.807, 2.05) is 0 Å². The molecule has 0 bridgehead atoms. The van der Waals surface area contributed by atoms with Gasteiger partial charge in [-0.25, -0.2) is 12.8 Å². The van der Waals surface area contributed by atoms with Gasteiger partial charge in [-0.05, 0) is 12.1 Å². The van der Waals surface area contributed by atoms with E-state index in [9.17, 15) is 31.7 Å². The summed E-state index contributed by atoms with van der Waals surface area (Å²) in [6.07, 6.45) is 0. The molecule has 0 saturated carbocycles. The highest BCUT2D eigenvalue weighted by Crippen LogP contribution is 2.28. The molecule has 0 aliphatic carbocycles. The van der Waals surface area contributed by atoms with E-state index in [0.717, 1.165) is 0 Å². The molecule has 0 atom stereocenters. The van der Waals surface area contributed by atoms with Gasteiger partial charge in [0.2, 0.25) is 9.84 Å². The zero-order valence-electron chi connectivity index (χ0n) is 7.43. The van der Waals surface area contributed by atoms with Crippen LogP contribution in [-0.2, 0) is 9.84 Å². The van der Waals surface area contributed by atoms with E-state index in [1.165, 1.54) is 0 Å². The minimum atomic E-state index is -5.11. The first-order valence-electron chi connectivity index (χ1n) is 3.73. The van der Waals surface area contributed by atoms with Crippen molar-refractivity contribution in [2.45, 2.75) is 10.7 Å². The summed E-state index contributed by atoms with van der Waals surface area (Å²) >= 11 is 0. The van der Waals surface area contributed by atoms with E-state index in [0.29, 0.717) is 12.1 Å². The van der Waals surface area contributed by atoms with Crippen molar-refractivity contribution < 1.29 is 26.5 Å². The van der Waals surface area contributed by atoms with Gasteiger partial charge in [0.05, 0.1) is 11.0 Å². The van der Waals surface area contributed by atoms with Crippen molar-refractivity contribution in [3.8, 4) is 0 Å². The van der Waals surface area contributed by atoms with Crippen LogP contribution in [0.3, 0.4) is 0 Å². The fraction of sp³-hybridized carbons (Fsp3) is 0.143. The van der Waals surface area contributed by atoms with Crippen LogP contribution in [0.25, 0.3) is 0 Å². The first-order valence-corrected chi connectivity index (χ1v) is 5.27. The zero-order valence-corrected chi connectivity index (χ0v) is 8.25. The summed E-state index contributed by atoms with van der Waals surface area (Å²) in [6.45, 7) is 0. The van der Waals surface area contributed by atoms with Crippen molar-refractivity contribution in [3.63, 3.8) is 0 Å². The second-order valence-corrected chi connectivity index (χ2v) is 4.56. The van der Waals surface area contributed by atoms with E-state index in [-0.39, 0.29) is 6.07 Å². The normalized spacial score (nSPS) is 11.8. The Balaban J connectivity index is 3.52. The lowest BCUT2D eigenvalue weighted by Gasteiger charge is -2.03. The van der Waals surface area contributed by atoms with Gasteiger partial charge in [-0.2, -0.15) is 8.78 Å². The van der Waals surface area contributed by atoms with Crippen LogP contribution in [0.15, 0.2) is 23.1 Å². The molecular formula is C7H4F3NO4S. The van der Waals surface area contributed by atoms with Crippen LogP contribution in [0.4, 0.5) is 18.9 Å². The van der Waals surface area contributed by atoms with Gasteiger partial charge in [0, 0.05) is 0 Å². The van der Waals surface area contributed by atoms with Gasteiger partial charge in [-0.3, -0.25) is 10.1 Å². The molecule has 9 heteroatoms. The molecule has 16 heavy (non-hydrogen) atoms. The summed E-state index contributed by atoms with van der Waals surface area (Å²) in [4.78, 5) is 7.93. The first kappa shape index (κ1) is 12.4. The molecule has 0 aliphatic rings. The molecule has 0 spiro atoms. The number of nitrogens with zero attached hydrogens (tertiary/aromatic N) is 1. The molecule has 0 amide bonds. The fourth-order valence-electron chi connectivity index (χ4n) is 0.970. The Morgan fingerprint density at radius 2 is 1.88 bits per heavy atom. The van der Waals surface area contributed by atoms with Crippen LogP contribution in [-0.4, -0.2) is 19.1 Å². The first-order chi connectivity index (χ1) is 7.26. The Kier molecular flexibility index (Phi) is 3.17. The van der Waals surface area contributed by atoms with E-state index < -0.39 is 36.9 Å². The maximum Gasteiger partial charge on any atom is 0.341 e. The van der Waals surface area contributed by atoms with E-state index in [1.54, 1.807) is 0 Å². The van der Waals surface area contributed by atoms with Crippen LogP contribution >= 0.6 is 0 Å². The van der Waals surface area contributed by atoms with Crippen molar-refractivity contribution >= 4 is 15.5 Å². The third-order valence-corrected chi connectivity index (χ3v) is 3.09. The number of hydrogen-bond donors (Lipinski definition) is 0. The Morgan fingerprint density at radius 3 is 2.31 bits per heavy atom. The molecular weight excluding hydrogens is 251 g/mol. The maximum atomic E-state index is 12.6. The average molecular weight is 255 g/mol. The number of halogens is 3. The predicted octanol–water partition coefficient (Wildman–Crippen LogP) is 1.73. The van der Waals surface area contributed by atoms with Gasteiger partial charge in [-0.1, -0.05) is 0 Å². The second kappa shape index (κ2) is 4.08. The number of rotatable bonds is 3. The number of sulfone groups is 1. The van der Waals surface area contributed by atoms with Crippen molar-refractivity contribution in [2.75, 3.05) is 0 Å². The number of hydrogen-bond acceptors (Lipinski definition) is 4. The average Bonchev–Trinajstić information content (AvgIpc) is 2.16. The van der Waals surface area contributed by atoms with Crippen molar-refractivity contribution in [3.05, 3.63) is 34.1 Å². The molecule has 1 rings (SSSR count). The summed E-state index contributed by atoms with van der Waals surface area (Å²) in [7, 11) is -5.11. The lowest BCUT2D eigenvalue weighted by molar-refractivity contribution is -0.388. The highest BCUT2D eigenvalue weighted by Gasteiger charge is 2.33. The zero-order chi connectivity index (χ0) is 12.5. The Labute approximate surface area is 87.6 Å². The van der Waals surface area contributed by atoms with Crippen LogP contribution in [0, 0.1) is 15.9 Å². The largest absolute Gasteiger partial charge is 0.341 e. The molecule has 0 aliphatic heterocycles. The highest BCUT2D eigenvalue weighted by atomic mass is 32.2. The minimum Gasteiger partial charge on any atom is -0.258 e. The molecule has 0 radical (unpaired) electrons. The smallest absolute Gasteiger partial charge is 0.258 e. The quantitative estimate of drug-likeness (QED) is 0.468. The molecule has 0 heterocycles. The summed E-state index contributed by atoms with van der Waals surface area (Å²) in [5.74, 6) is -4.88. The Bertz CT molecular complexity index is 528. The summed E-state index contributed by atoms with van der Waals surface area (Å²) in [6, 6.07) is 1.27. The topological polar surface area (TPSA) is 77.3 Å². The minimum absolute atomic E-state index is 0.273. The van der Waals surface area contributed by atoms with Crippen LogP contribution < -0.4 is 0 Å². The van der Waals surface area contributed by atoms with Gasteiger partial charge in [0.1, 0.15) is 5.82 Å². The second-order valence-electron chi connectivity index (χ2n) is 2.67. The molecule has 0 aromatic heterocycles. The molecule has 88 valence electrons. The summed E-state index contributed by atoms with van der Waals surface area (Å²) < 4.78 is 58.9. The molecule has 0 unspecified atom stereocenters. The predicted molar refractivity (Wildman–Crippen MR) is 46.2 cm³/mol. The van der Waals surface area contributed by atoms with Crippen LogP contribution in [0.1, 0.15) is 0 Å². The fourth-order valence-corrected chi connectivity index (χ4v) is 1.84. The van der Waals surface area contributed by atoms with E-state index in [2.05, 4.69) is 0 Å². The number of benzene rings is 1. The summed E-state index contributed by atoms with van der Waals surface area (Å²) in [5, 5.41) is 10.4. The molecule has 1 aromatic rings. The van der Waals surface area contributed by atoms with E-state index >= 15 is 0 Å². The molecule has 0 N–H and O–H groups in total. The van der Waals surface area contributed by atoms with Crippen molar-refractivity contribution in [1.82, 2.24) is 0 Å². The Hall–Kier alpha value is -1.64. The third-order valence-electron chi connectivity index (χ3n) is 1.66. The number of nitro benzene ring substituents is 1. The molecule has 5 nitrogen and oxygen atoms in total. The number of alkyl halides is 2. The van der Waals surface area contributed by atoms with Gasteiger partial charge in [-0.15, -0.1) is 0 Å². The lowest BCUT2D eigenvalue weighted by Crippen LogP contribution is -2.13. The molecule has 1 aromatic carbocycles. The van der Waals surface area contributed by atoms with Gasteiger partial charge in [0.25, 0.3) is 5.69 Å². The molecule has 0 fully saturated rings. The highest BCUT2D eigenvalue weighted by molar-refractivity contribution is 7.91.